The lowest BCUT2D eigenvalue weighted by Crippen LogP contribution is -2.42. The van der Waals surface area contributed by atoms with Crippen LogP contribution in [0.25, 0.3) is 11.3 Å². The van der Waals surface area contributed by atoms with E-state index in [2.05, 4.69) is 20.1 Å². The normalized spacial score (nSPS) is 19.6. The molecule has 0 bridgehead atoms. The molecule has 1 fully saturated rings. The predicted octanol–water partition coefficient (Wildman–Crippen LogP) is 1.82. The maximum absolute atomic E-state index is 9.43. The van der Waals surface area contributed by atoms with E-state index in [4.69, 9.17) is 0 Å². The smallest absolute Gasteiger partial charge is 0.151 e. The summed E-state index contributed by atoms with van der Waals surface area (Å²) in [7, 11) is 0. The van der Waals surface area contributed by atoms with E-state index < -0.39 is 0 Å². The van der Waals surface area contributed by atoms with Crippen molar-refractivity contribution in [2.24, 2.45) is 0 Å². The molecule has 1 aliphatic heterocycles. The van der Waals surface area contributed by atoms with Gasteiger partial charge in [-0.15, -0.1) is 10.2 Å². The number of rotatable bonds is 3. The summed E-state index contributed by atoms with van der Waals surface area (Å²) in [6.07, 6.45) is 7.13. The predicted molar refractivity (Wildman–Crippen MR) is 73.9 cm³/mol. The Labute approximate surface area is 112 Å². The van der Waals surface area contributed by atoms with Crippen LogP contribution in [0, 0.1) is 0 Å². The van der Waals surface area contributed by atoms with Gasteiger partial charge in [0.1, 0.15) is 0 Å². The molecule has 3 rings (SSSR count). The van der Waals surface area contributed by atoms with Gasteiger partial charge in [-0.1, -0.05) is 0 Å². The molecule has 0 saturated carbocycles. The van der Waals surface area contributed by atoms with Crippen molar-refractivity contribution in [3.63, 3.8) is 0 Å². The van der Waals surface area contributed by atoms with Crippen molar-refractivity contribution in [1.82, 2.24) is 15.2 Å². The van der Waals surface area contributed by atoms with Crippen molar-refractivity contribution in [1.29, 1.82) is 0 Å². The fourth-order valence-corrected chi connectivity index (χ4v) is 2.61. The van der Waals surface area contributed by atoms with Crippen LogP contribution in [-0.4, -0.2) is 39.5 Å². The monoisotopic (exact) mass is 258 g/mol. The maximum atomic E-state index is 9.43. The van der Waals surface area contributed by atoms with Crippen molar-refractivity contribution in [2.45, 2.75) is 25.3 Å². The van der Waals surface area contributed by atoms with E-state index in [1.165, 1.54) is 6.42 Å². The van der Waals surface area contributed by atoms with Gasteiger partial charge in [-0.3, -0.25) is 0 Å². The molecule has 2 N–H and O–H groups in total. The Balaban J connectivity index is 1.81. The number of piperidine rings is 1. The first-order valence-electron chi connectivity index (χ1n) is 6.73. The van der Waals surface area contributed by atoms with Crippen molar-refractivity contribution < 1.29 is 5.11 Å². The summed E-state index contributed by atoms with van der Waals surface area (Å²) in [5.41, 5.74) is 1.90. The van der Waals surface area contributed by atoms with Gasteiger partial charge in [0.25, 0.3) is 0 Å². The van der Waals surface area contributed by atoms with Gasteiger partial charge in [-0.05, 0) is 37.5 Å². The molecule has 0 aliphatic carbocycles. The second kappa shape index (κ2) is 5.40. The third kappa shape index (κ3) is 2.46. The van der Waals surface area contributed by atoms with Gasteiger partial charge in [-0.2, -0.15) is 0 Å². The lowest BCUT2D eigenvalue weighted by Gasteiger charge is -2.35. The Bertz CT molecular complexity index is 509. The Morgan fingerprint density at radius 1 is 1.26 bits per heavy atom. The molecular formula is C14H18N4O. The van der Waals surface area contributed by atoms with Crippen molar-refractivity contribution in [2.75, 3.05) is 18.1 Å². The molecule has 100 valence electrons. The molecule has 5 nitrogen and oxygen atoms in total. The van der Waals surface area contributed by atoms with Crippen molar-refractivity contribution in [3.05, 3.63) is 30.6 Å². The standard InChI is InChI=1S/C14H18N4O/c19-10-12-3-1-2-8-18(12)14-5-4-13(16-17-14)11-6-7-15-9-11/h4-7,9,12,15,19H,1-3,8,10H2. The van der Waals surface area contributed by atoms with Gasteiger partial charge in [0, 0.05) is 24.5 Å². The molecule has 0 aromatic carbocycles. The number of nitrogens with one attached hydrogen (secondary N) is 1. The molecule has 1 aliphatic rings. The second-order valence-electron chi connectivity index (χ2n) is 4.90. The molecule has 0 amide bonds. The molecule has 0 spiro atoms. The van der Waals surface area contributed by atoms with E-state index in [0.717, 1.165) is 36.5 Å². The van der Waals surface area contributed by atoms with Gasteiger partial charge in [-0.25, -0.2) is 0 Å². The maximum Gasteiger partial charge on any atom is 0.151 e. The first-order chi connectivity index (χ1) is 9.38. The fourth-order valence-electron chi connectivity index (χ4n) is 2.61. The minimum absolute atomic E-state index is 0.182. The van der Waals surface area contributed by atoms with Crippen molar-refractivity contribution in [3.8, 4) is 11.3 Å². The Morgan fingerprint density at radius 3 is 2.89 bits per heavy atom. The third-order valence-corrected chi connectivity index (χ3v) is 3.68. The van der Waals surface area contributed by atoms with Gasteiger partial charge in [0.15, 0.2) is 5.82 Å². The lowest BCUT2D eigenvalue weighted by atomic mass is 10.0. The average Bonchev–Trinajstić information content (AvgIpc) is 3.02. The summed E-state index contributed by atoms with van der Waals surface area (Å²) in [5.74, 6) is 0.859. The minimum atomic E-state index is 0.182. The van der Waals surface area contributed by atoms with Crippen LogP contribution in [0.2, 0.25) is 0 Å². The van der Waals surface area contributed by atoms with Crippen LogP contribution in [0.1, 0.15) is 19.3 Å². The highest BCUT2D eigenvalue weighted by molar-refractivity contribution is 5.58. The van der Waals surface area contributed by atoms with Crippen molar-refractivity contribution >= 4 is 5.82 Å². The van der Waals surface area contributed by atoms with E-state index in [-0.39, 0.29) is 12.6 Å². The number of aromatic amines is 1. The van der Waals surface area contributed by atoms with Crippen LogP contribution in [0.15, 0.2) is 30.6 Å². The topological polar surface area (TPSA) is 65.0 Å². The van der Waals surface area contributed by atoms with Gasteiger partial charge < -0.3 is 15.0 Å². The van der Waals surface area contributed by atoms with E-state index in [9.17, 15) is 5.11 Å². The summed E-state index contributed by atoms with van der Waals surface area (Å²) in [6.45, 7) is 1.13. The van der Waals surface area contributed by atoms with E-state index >= 15 is 0 Å². The molecule has 2 aromatic rings. The molecule has 1 atom stereocenters. The highest BCUT2D eigenvalue weighted by atomic mass is 16.3. The number of aromatic nitrogens is 3. The molecular weight excluding hydrogens is 240 g/mol. The number of aliphatic hydroxyl groups excluding tert-OH is 1. The highest BCUT2D eigenvalue weighted by Gasteiger charge is 2.23. The van der Waals surface area contributed by atoms with E-state index in [1.807, 2.05) is 30.6 Å². The summed E-state index contributed by atoms with van der Waals surface area (Å²) in [5, 5.41) is 18.0. The lowest BCUT2D eigenvalue weighted by molar-refractivity contribution is 0.239. The number of nitrogens with zero attached hydrogens (tertiary/aromatic N) is 3. The zero-order valence-corrected chi connectivity index (χ0v) is 10.8. The summed E-state index contributed by atoms with van der Waals surface area (Å²) in [6, 6.07) is 6.13. The summed E-state index contributed by atoms with van der Waals surface area (Å²) < 4.78 is 0. The molecule has 3 heterocycles. The fraction of sp³-hybridized carbons (Fsp3) is 0.429. The quantitative estimate of drug-likeness (QED) is 0.881. The third-order valence-electron chi connectivity index (χ3n) is 3.68. The van der Waals surface area contributed by atoms with Crippen LogP contribution in [0.3, 0.4) is 0 Å². The number of H-pyrrole nitrogens is 1. The number of aliphatic hydroxyl groups is 1. The zero-order valence-electron chi connectivity index (χ0n) is 10.8. The largest absolute Gasteiger partial charge is 0.394 e. The van der Waals surface area contributed by atoms with Crippen LogP contribution in [-0.2, 0) is 0 Å². The van der Waals surface area contributed by atoms with Gasteiger partial charge >= 0.3 is 0 Å². The number of anilines is 1. The Hall–Kier alpha value is -1.88. The van der Waals surface area contributed by atoms with Gasteiger partial charge in [0.05, 0.1) is 18.3 Å². The molecule has 19 heavy (non-hydrogen) atoms. The second-order valence-corrected chi connectivity index (χ2v) is 4.90. The van der Waals surface area contributed by atoms with Crippen LogP contribution in [0.5, 0.6) is 0 Å². The van der Waals surface area contributed by atoms with E-state index in [1.54, 1.807) is 0 Å². The minimum Gasteiger partial charge on any atom is -0.394 e. The Morgan fingerprint density at radius 2 is 2.21 bits per heavy atom. The first-order valence-corrected chi connectivity index (χ1v) is 6.73. The molecule has 1 saturated heterocycles. The summed E-state index contributed by atoms with van der Waals surface area (Å²) in [4.78, 5) is 5.18. The zero-order chi connectivity index (χ0) is 13.1. The average molecular weight is 258 g/mol. The highest BCUT2D eigenvalue weighted by Crippen LogP contribution is 2.24. The van der Waals surface area contributed by atoms with E-state index in [0.29, 0.717) is 0 Å². The number of hydrogen-bond donors (Lipinski definition) is 2. The van der Waals surface area contributed by atoms with Crippen LogP contribution in [0.4, 0.5) is 5.82 Å². The van der Waals surface area contributed by atoms with Gasteiger partial charge in [0.2, 0.25) is 0 Å². The molecule has 2 aromatic heterocycles. The summed E-state index contributed by atoms with van der Waals surface area (Å²) >= 11 is 0. The van der Waals surface area contributed by atoms with Crippen LogP contribution < -0.4 is 4.90 Å². The molecule has 5 heteroatoms. The molecule has 1 unspecified atom stereocenters. The number of hydrogen-bond acceptors (Lipinski definition) is 4. The Kier molecular flexibility index (Phi) is 3.46. The first kappa shape index (κ1) is 12.2. The van der Waals surface area contributed by atoms with Crippen LogP contribution >= 0.6 is 0 Å². The SMILES string of the molecule is OCC1CCCCN1c1ccc(-c2cc[nH]c2)nn1. The molecule has 0 radical (unpaired) electrons.